The van der Waals surface area contributed by atoms with Gasteiger partial charge in [-0.1, -0.05) is 50.1 Å². The van der Waals surface area contributed by atoms with Gasteiger partial charge in [0.05, 0.1) is 28.4 Å². The topological polar surface area (TPSA) is 48.0 Å². The molecule has 250 valence electrons. The minimum Gasteiger partial charge on any atom is -0.560 e. The molecule has 0 fully saturated rings. The second kappa shape index (κ2) is 14.4. The Morgan fingerprint density at radius 2 is 1.56 bits per heavy atom. The highest BCUT2D eigenvalue weighted by Gasteiger charge is 2.30. The minimum atomic E-state index is -2.70. The molecule has 0 radical (unpaired) electrons. The fraction of sp³-hybridized carbons (Fsp3) is 0.176. The Labute approximate surface area is 281 Å². The number of fused-ring (bicyclic) bond motifs is 1. The molecule has 0 bridgehead atoms. The van der Waals surface area contributed by atoms with Crippen LogP contribution in [0.1, 0.15) is 25.3 Å². The lowest BCUT2D eigenvalue weighted by Crippen LogP contribution is -2.22. The van der Waals surface area contributed by atoms with Gasteiger partial charge in [-0.25, -0.2) is 21.8 Å². The second-order valence-electron chi connectivity index (χ2n) is 10.8. The van der Waals surface area contributed by atoms with E-state index in [0.717, 1.165) is 19.2 Å². The predicted octanol–water partition coefficient (Wildman–Crippen LogP) is 10.4. The first-order valence-electron chi connectivity index (χ1n) is 14.6. The predicted molar refractivity (Wildman–Crippen MR) is 175 cm³/mol. The first-order valence-corrected chi connectivity index (χ1v) is 16.1. The number of nitrogens with zero attached hydrogens (tertiary/aromatic N) is 1. The van der Waals surface area contributed by atoms with Gasteiger partial charge in [0, 0.05) is 17.3 Å². The van der Waals surface area contributed by atoms with Gasteiger partial charge in [0.15, 0.2) is 0 Å². The Morgan fingerprint density at radius 3 is 2.23 bits per heavy atom. The molecule has 1 unspecified atom stereocenters. The molecule has 4 aromatic carbocycles. The molecule has 0 aromatic heterocycles. The molecule has 48 heavy (non-hydrogen) atoms. The quantitative estimate of drug-likeness (QED) is 0.0673. The van der Waals surface area contributed by atoms with Gasteiger partial charge in [-0.2, -0.15) is 8.78 Å². The summed E-state index contributed by atoms with van der Waals surface area (Å²) in [6.45, 7) is 7.80. The lowest BCUT2D eigenvalue weighted by molar-refractivity contribution is 0.352. The Morgan fingerprint density at radius 1 is 0.875 bits per heavy atom. The van der Waals surface area contributed by atoms with Crippen LogP contribution in [0.5, 0.6) is 17.2 Å². The molecule has 0 saturated heterocycles. The summed E-state index contributed by atoms with van der Waals surface area (Å²) in [6.07, 6.45) is 5.77. The van der Waals surface area contributed by atoms with Crippen LogP contribution in [0.3, 0.4) is 0 Å². The third-order valence-corrected chi connectivity index (χ3v) is 8.82. The van der Waals surface area contributed by atoms with Crippen LogP contribution in [0.25, 0.3) is 17.2 Å². The van der Waals surface area contributed by atoms with Crippen molar-refractivity contribution in [1.29, 1.82) is 0 Å². The van der Waals surface area contributed by atoms with E-state index in [9.17, 15) is 26.2 Å². The summed E-state index contributed by atoms with van der Waals surface area (Å²) in [7, 11) is 1.45. The van der Waals surface area contributed by atoms with E-state index in [0.29, 0.717) is 44.7 Å². The van der Waals surface area contributed by atoms with Gasteiger partial charge in [0.1, 0.15) is 17.3 Å². The molecule has 0 N–H and O–H groups in total. The molecule has 14 heteroatoms. The van der Waals surface area contributed by atoms with Crippen LogP contribution in [0.15, 0.2) is 71.8 Å². The van der Waals surface area contributed by atoms with Crippen LogP contribution in [0.2, 0.25) is 18.2 Å². The lowest BCUT2D eigenvalue weighted by atomic mass is 9.66. The summed E-state index contributed by atoms with van der Waals surface area (Å²) in [5, 5.41) is 0.355. The summed E-state index contributed by atoms with van der Waals surface area (Å²) in [5.74, 6) is -13.0. The van der Waals surface area contributed by atoms with E-state index in [1.54, 1.807) is 41.3 Å². The number of methoxy groups -OCH3 is 1. The van der Waals surface area contributed by atoms with E-state index in [1.165, 1.54) is 31.4 Å². The van der Waals surface area contributed by atoms with E-state index in [4.69, 9.17) is 25.2 Å². The molecule has 0 amide bonds. The maximum atomic E-state index is 16.0. The van der Waals surface area contributed by atoms with Crippen LogP contribution in [0.4, 0.5) is 37.7 Å². The molecule has 0 saturated carbocycles. The molecule has 1 atom stereocenters. The van der Waals surface area contributed by atoms with Crippen molar-refractivity contribution in [2.75, 3.05) is 12.0 Å². The van der Waals surface area contributed by atoms with Crippen molar-refractivity contribution < 1.29 is 44.1 Å². The largest absolute Gasteiger partial charge is 0.560 e. The standard InChI is InChI=1S/C34H27BClF6NO4S/c1-5-6-13-35(3)46-28-16-22(19-9-11-23(36)27(15-19)45-4)24(37)17-26(28)43-18(2)7-8-20-14-21(10-12-25(20)43)48(44)47-34-32(41)30(39)29(38)31(40)33(34)42/h7-12,14-17H,2,5-6,13H2,1,3-4H3. The van der Waals surface area contributed by atoms with Crippen LogP contribution in [-0.4, -0.2) is 18.2 Å². The number of unbranched alkanes of at least 4 members (excludes halogenated alkanes) is 1. The lowest BCUT2D eigenvalue weighted by Gasteiger charge is -2.32. The maximum absolute atomic E-state index is 16.0. The number of allylic oxidation sites excluding steroid dienone is 1. The Kier molecular flexibility index (Phi) is 10.5. The Bertz CT molecular complexity index is 1950. The maximum Gasteiger partial charge on any atom is 0.354 e. The highest BCUT2D eigenvalue weighted by molar-refractivity contribution is 7.80. The number of rotatable bonds is 11. The van der Waals surface area contributed by atoms with Gasteiger partial charge in [-0.3, -0.25) is 0 Å². The average Bonchev–Trinajstić information content (AvgIpc) is 3.08. The molecular weight excluding hydrogens is 679 g/mol. The summed E-state index contributed by atoms with van der Waals surface area (Å²) in [5.41, 5.74) is 2.26. The summed E-state index contributed by atoms with van der Waals surface area (Å²) < 4.78 is 115. The molecule has 0 aliphatic carbocycles. The van der Waals surface area contributed by atoms with Crippen LogP contribution in [0, 0.1) is 34.9 Å². The molecule has 1 heterocycles. The molecule has 1 aliphatic rings. The third-order valence-electron chi connectivity index (χ3n) is 7.55. The van der Waals surface area contributed by atoms with Crippen molar-refractivity contribution in [3.8, 4) is 28.4 Å². The van der Waals surface area contributed by atoms with E-state index in [-0.39, 0.29) is 17.4 Å². The van der Waals surface area contributed by atoms with Crippen molar-refractivity contribution >= 4 is 47.0 Å². The zero-order valence-electron chi connectivity index (χ0n) is 25.8. The van der Waals surface area contributed by atoms with Gasteiger partial charge < -0.3 is 18.5 Å². The number of halogens is 7. The van der Waals surface area contributed by atoms with E-state index >= 15 is 4.39 Å². The number of anilines is 2. The summed E-state index contributed by atoms with van der Waals surface area (Å²) >= 11 is 3.49. The minimum absolute atomic E-state index is 0.155. The van der Waals surface area contributed by atoms with Gasteiger partial charge in [-0.05, 0) is 66.7 Å². The van der Waals surface area contributed by atoms with Gasteiger partial charge in [-0.15, -0.1) is 0 Å². The zero-order chi connectivity index (χ0) is 34.9. The van der Waals surface area contributed by atoms with E-state index in [1.807, 2.05) is 6.82 Å². The third kappa shape index (κ3) is 6.79. The van der Waals surface area contributed by atoms with E-state index < -0.39 is 51.7 Å². The van der Waals surface area contributed by atoms with Crippen LogP contribution in [-0.2, 0) is 11.1 Å². The fourth-order valence-electron chi connectivity index (χ4n) is 5.08. The van der Waals surface area contributed by atoms with Crippen molar-refractivity contribution in [2.45, 2.75) is 37.8 Å². The smallest absolute Gasteiger partial charge is 0.354 e. The monoisotopic (exact) mass is 705 g/mol. The summed E-state index contributed by atoms with van der Waals surface area (Å²) in [6, 6.07) is 11.8. The first-order chi connectivity index (χ1) is 22.9. The number of ether oxygens (including phenoxy) is 1. The van der Waals surface area contributed by atoms with Crippen molar-refractivity contribution in [3.05, 3.63) is 112 Å². The molecule has 5 nitrogen and oxygen atoms in total. The van der Waals surface area contributed by atoms with Crippen molar-refractivity contribution in [2.24, 2.45) is 0 Å². The molecule has 1 aliphatic heterocycles. The normalized spacial score (nSPS) is 13.0. The second-order valence-corrected chi connectivity index (χ2v) is 12.3. The summed E-state index contributed by atoms with van der Waals surface area (Å²) in [4.78, 5) is 1.46. The molecule has 5 rings (SSSR count). The molecule has 0 spiro atoms. The van der Waals surface area contributed by atoms with Crippen molar-refractivity contribution in [1.82, 2.24) is 0 Å². The molecular formula is C34H27BClF6NO4S. The first kappa shape index (κ1) is 35.0. The average molecular weight is 706 g/mol. The van der Waals surface area contributed by atoms with Crippen LogP contribution < -0.4 is 18.5 Å². The van der Waals surface area contributed by atoms with Gasteiger partial charge in [0.25, 0.3) is 0 Å². The Balaban J connectivity index is 1.56. The SMILES string of the molecule is C=C1C=Cc2cc(S(=O)Oc3c(F)c(F)c(F)c(F)c3F)ccc2N1c1cc(F)c(-c2ccc(Cl)c(OC)c2)cc1OB(C)CCCC. The number of benzene rings is 4. The van der Waals surface area contributed by atoms with Crippen LogP contribution >= 0.6 is 11.6 Å². The highest BCUT2D eigenvalue weighted by atomic mass is 35.5. The fourth-order valence-corrected chi connectivity index (χ4v) is 6.07. The Hall–Kier alpha value is -4.36. The number of hydrogen-bond acceptors (Lipinski definition) is 5. The highest BCUT2D eigenvalue weighted by Crippen LogP contribution is 2.45. The van der Waals surface area contributed by atoms with Crippen molar-refractivity contribution in [3.63, 3.8) is 0 Å². The molecule has 4 aromatic rings. The van der Waals surface area contributed by atoms with Gasteiger partial charge >= 0.3 is 6.92 Å². The van der Waals surface area contributed by atoms with E-state index in [2.05, 4.69) is 13.5 Å². The zero-order valence-corrected chi connectivity index (χ0v) is 27.4. The van der Waals surface area contributed by atoms with Gasteiger partial charge in [0.2, 0.25) is 45.9 Å². The number of hydrogen-bond donors (Lipinski definition) is 0.